The van der Waals surface area contributed by atoms with Crippen molar-refractivity contribution in [2.75, 3.05) is 6.54 Å². The molecule has 3 nitrogen and oxygen atoms in total. The average molecular weight is 319 g/mol. The van der Waals surface area contributed by atoms with E-state index in [1.807, 2.05) is 0 Å². The zero-order chi connectivity index (χ0) is 14.6. The van der Waals surface area contributed by atoms with Gasteiger partial charge in [-0.2, -0.15) is 0 Å². The molecule has 0 atom stereocenters. The van der Waals surface area contributed by atoms with Gasteiger partial charge in [0.2, 0.25) is 5.91 Å². The standard InChI is InChI=1S/C15H20F2N2O.ClH/c16-12-5-4-6-13(17)11(12)9-14(20)19-10-15(18)7-2-1-3-8-15;/h4-6H,1-3,7-10,18H2,(H,19,20);1H. The Morgan fingerprint density at radius 1 is 1.19 bits per heavy atom. The molecule has 2 rings (SSSR count). The van der Waals surface area contributed by atoms with Crippen molar-refractivity contribution in [3.05, 3.63) is 35.4 Å². The number of carbonyl (C=O) groups is 1. The fourth-order valence-corrected chi connectivity index (χ4v) is 2.63. The Morgan fingerprint density at radius 3 is 2.33 bits per heavy atom. The second kappa shape index (κ2) is 7.71. The highest BCUT2D eigenvalue weighted by atomic mass is 35.5. The van der Waals surface area contributed by atoms with Crippen LogP contribution in [0.3, 0.4) is 0 Å². The van der Waals surface area contributed by atoms with Gasteiger partial charge in [0.1, 0.15) is 11.6 Å². The molecule has 1 saturated carbocycles. The first kappa shape index (κ1) is 17.9. The second-order valence-corrected chi connectivity index (χ2v) is 5.58. The fourth-order valence-electron chi connectivity index (χ4n) is 2.63. The molecule has 0 spiro atoms. The number of halogens is 3. The van der Waals surface area contributed by atoms with Crippen LogP contribution in [0.4, 0.5) is 8.78 Å². The van der Waals surface area contributed by atoms with Gasteiger partial charge < -0.3 is 11.1 Å². The lowest BCUT2D eigenvalue weighted by Gasteiger charge is -2.33. The van der Waals surface area contributed by atoms with Gasteiger partial charge in [-0.15, -0.1) is 12.4 Å². The summed E-state index contributed by atoms with van der Waals surface area (Å²) in [7, 11) is 0. The van der Waals surface area contributed by atoms with Crippen LogP contribution in [-0.4, -0.2) is 18.0 Å². The molecule has 1 aliphatic rings. The molecule has 6 heteroatoms. The van der Waals surface area contributed by atoms with E-state index in [4.69, 9.17) is 5.73 Å². The summed E-state index contributed by atoms with van der Waals surface area (Å²) in [6, 6.07) is 3.58. The van der Waals surface area contributed by atoms with Gasteiger partial charge in [0.15, 0.2) is 0 Å². The van der Waals surface area contributed by atoms with E-state index in [0.29, 0.717) is 6.54 Å². The van der Waals surface area contributed by atoms with Crippen molar-refractivity contribution in [3.63, 3.8) is 0 Å². The Balaban J connectivity index is 0.00000220. The van der Waals surface area contributed by atoms with E-state index in [1.54, 1.807) is 0 Å². The first-order chi connectivity index (χ1) is 9.50. The summed E-state index contributed by atoms with van der Waals surface area (Å²) in [5, 5.41) is 2.70. The van der Waals surface area contributed by atoms with Crippen molar-refractivity contribution in [1.82, 2.24) is 5.32 Å². The van der Waals surface area contributed by atoms with Gasteiger partial charge in [-0.1, -0.05) is 25.3 Å². The fraction of sp³-hybridized carbons (Fsp3) is 0.533. The summed E-state index contributed by atoms with van der Waals surface area (Å²) in [4.78, 5) is 11.8. The third-order valence-corrected chi connectivity index (χ3v) is 3.89. The smallest absolute Gasteiger partial charge is 0.224 e. The summed E-state index contributed by atoms with van der Waals surface area (Å²) in [6.45, 7) is 0.363. The molecule has 1 amide bonds. The number of nitrogens with two attached hydrogens (primary N) is 1. The van der Waals surface area contributed by atoms with Gasteiger partial charge in [-0.25, -0.2) is 8.78 Å². The Bertz CT molecular complexity index is 470. The number of rotatable bonds is 4. The molecule has 3 N–H and O–H groups in total. The molecule has 0 aromatic heterocycles. The van der Waals surface area contributed by atoms with Crippen LogP contribution >= 0.6 is 12.4 Å². The predicted molar refractivity (Wildman–Crippen MR) is 80.3 cm³/mol. The van der Waals surface area contributed by atoms with Crippen molar-refractivity contribution >= 4 is 18.3 Å². The van der Waals surface area contributed by atoms with Crippen molar-refractivity contribution in [2.24, 2.45) is 5.73 Å². The highest BCUT2D eigenvalue weighted by Crippen LogP contribution is 2.25. The van der Waals surface area contributed by atoms with E-state index < -0.39 is 17.5 Å². The van der Waals surface area contributed by atoms with Crippen molar-refractivity contribution in [2.45, 2.75) is 44.1 Å². The minimum absolute atomic E-state index is 0. The topological polar surface area (TPSA) is 55.1 Å². The average Bonchev–Trinajstić information content (AvgIpc) is 2.42. The molecule has 1 aliphatic carbocycles. The number of benzene rings is 1. The lowest BCUT2D eigenvalue weighted by atomic mass is 9.82. The molecular weight excluding hydrogens is 298 g/mol. The maximum Gasteiger partial charge on any atom is 0.224 e. The lowest BCUT2D eigenvalue weighted by molar-refractivity contribution is -0.120. The zero-order valence-corrected chi connectivity index (χ0v) is 12.6. The second-order valence-electron chi connectivity index (χ2n) is 5.58. The van der Waals surface area contributed by atoms with E-state index in [1.165, 1.54) is 12.5 Å². The number of amides is 1. The largest absolute Gasteiger partial charge is 0.354 e. The van der Waals surface area contributed by atoms with Crippen molar-refractivity contribution in [3.8, 4) is 0 Å². The zero-order valence-electron chi connectivity index (χ0n) is 11.8. The van der Waals surface area contributed by atoms with Crippen LogP contribution in [0.1, 0.15) is 37.7 Å². The van der Waals surface area contributed by atoms with Gasteiger partial charge in [0, 0.05) is 17.6 Å². The van der Waals surface area contributed by atoms with Crippen LogP contribution in [-0.2, 0) is 11.2 Å². The first-order valence-electron chi connectivity index (χ1n) is 6.99. The third kappa shape index (κ3) is 4.93. The number of hydrogen-bond acceptors (Lipinski definition) is 2. The summed E-state index contributed by atoms with van der Waals surface area (Å²) in [6.07, 6.45) is 4.76. The molecule has 0 radical (unpaired) electrons. The van der Waals surface area contributed by atoms with E-state index >= 15 is 0 Å². The van der Waals surface area contributed by atoms with E-state index in [-0.39, 0.29) is 29.9 Å². The van der Waals surface area contributed by atoms with Crippen LogP contribution in [0.15, 0.2) is 18.2 Å². The van der Waals surface area contributed by atoms with Gasteiger partial charge in [-0.05, 0) is 25.0 Å². The SMILES string of the molecule is Cl.NC1(CNC(=O)Cc2c(F)cccc2F)CCCCC1. The number of hydrogen-bond donors (Lipinski definition) is 2. The normalized spacial score (nSPS) is 16.9. The summed E-state index contributed by atoms with van der Waals surface area (Å²) in [5.74, 6) is -1.79. The molecule has 118 valence electrons. The maximum absolute atomic E-state index is 13.4. The Labute approximate surface area is 129 Å². The van der Waals surface area contributed by atoms with Crippen LogP contribution in [0.25, 0.3) is 0 Å². The van der Waals surface area contributed by atoms with Crippen molar-refractivity contribution < 1.29 is 13.6 Å². The summed E-state index contributed by atoms with van der Waals surface area (Å²) < 4.78 is 26.9. The highest BCUT2D eigenvalue weighted by molar-refractivity contribution is 5.85. The monoisotopic (exact) mass is 318 g/mol. The molecule has 0 saturated heterocycles. The van der Waals surface area contributed by atoms with Crippen LogP contribution in [0.2, 0.25) is 0 Å². The van der Waals surface area contributed by atoms with Crippen LogP contribution in [0.5, 0.6) is 0 Å². The quantitative estimate of drug-likeness (QED) is 0.897. The number of carbonyl (C=O) groups excluding carboxylic acids is 1. The predicted octanol–water partition coefficient (Wildman–Crippen LogP) is 2.71. The molecule has 0 unspecified atom stereocenters. The molecule has 21 heavy (non-hydrogen) atoms. The van der Waals surface area contributed by atoms with Crippen LogP contribution in [0, 0.1) is 11.6 Å². The van der Waals surface area contributed by atoms with E-state index in [9.17, 15) is 13.6 Å². The lowest BCUT2D eigenvalue weighted by Crippen LogP contribution is -2.51. The molecule has 0 aliphatic heterocycles. The van der Waals surface area contributed by atoms with Crippen LogP contribution < -0.4 is 11.1 Å². The Hall–Kier alpha value is -1.20. The molecule has 1 fully saturated rings. The van der Waals surface area contributed by atoms with E-state index in [2.05, 4.69) is 5.32 Å². The van der Waals surface area contributed by atoms with Gasteiger partial charge in [0.25, 0.3) is 0 Å². The molecule has 0 heterocycles. The van der Waals surface area contributed by atoms with E-state index in [0.717, 1.165) is 37.8 Å². The number of nitrogens with one attached hydrogen (secondary N) is 1. The molecule has 1 aromatic carbocycles. The first-order valence-corrected chi connectivity index (χ1v) is 6.99. The maximum atomic E-state index is 13.4. The minimum atomic E-state index is -0.694. The van der Waals surface area contributed by atoms with Gasteiger partial charge >= 0.3 is 0 Å². The highest BCUT2D eigenvalue weighted by Gasteiger charge is 2.27. The van der Waals surface area contributed by atoms with Gasteiger partial charge in [-0.3, -0.25) is 4.79 Å². The Kier molecular flexibility index (Phi) is 6.55. The minimum Gasteiger partial charge on any atom is -0.354 e. The molecule has 0 bridgehead atoms. The summed E-state index contributed by atoms with van der Waals surface area (Å²) >= 11 is 0. The Morgan fingerprint density at radius 2 is 1.76 bits per heavy atom. The van der Waals surface area contributed by atoms with Gasteiger partial charge in [0.05, 0.1) is 6.42 Å². The third-order valence-electron chi connectivity index (χ3n) is 3.89. The van der Waals surface area contributed by atoms with Crippen molar-refractivity contribution in [1.29, 1.82) is 0 Å². The summed E-state index contributed by atoms with van der Waals surface area (Å²) in [5.41, 5.74) is 5.63. The molecule has 1 aromatic rings. The molecular formula is C15H21ClF2N2O.